The second kappa shape index (κ2) is 5.21. The Morgan fingerprint density at radius 2 is 1.77 bits per heavy atom. The van der Waals surface area contributed by atoms with Crippen LogP contribution in [0.15, 0.2) is 60.7 Å². The first-order valence-corrected chi connectivity index (χ1v) is 7.79. The highest BCUT2D eigenvalue weighted by molar-refractivity contribution is 7.21. The molecule has 0 saturated heterocycles. The van der Waals surface area contributed by atoms with E-state index in [0.29, 0.717) is 5.46 Å². The summed E-state index contributed by atoms with van der Waals surface area (Å²) in [6, 6.07) is 19.5. The van der Waals surface area contributed by atoms with Crippen LogP contribution < -0.4 is 5.46 Å². The van der Waals surface area contributed by atoms with Gasteiger partial charge in [-0.3, -0.25) is 0 Å². The lowest BCUT2D eigenvalue weighted by Crippen LogP contribution is -2.30. The van der Waals surface area contributed by atoms with E-state index in [1.807, 2.05) is 48.5 Å². The molecule has 0 fully saturated rings. The first kappa shape index (κ1) is 13.5. The number of nitrogens with zero attached hydrogens (tertiary/aromatic N) is 1. The second-order valence-corrected chi connectivity index (χ2v) is 6.17. The fraction of sp³-hybridized carbons (Fsp3) is 0. The first-order valence-electron chi connectivity index (χ1n) is 6.97. The number of hydrogen-bond acceptors (Lipinski definition) is 4. The molecule has 0 amide bonds. The summed E-state index contributed by atoms with van der Waals surface area (Å²) in [7, 11) is -1.46. The Kier molecular flexibility index (Phi) is 3.19. The van der Waals surface area contributed by atoms with E-state index in [9.17, 15) is 10.0 Å². The number of rotatable bonds is 2. The Hall–Kier alpha value is -2.21. The summed E-state index contributed by atoms with van der Waals surface area (Å²) in [4.78, 5) is 4.67. The van der Waals surface area contributed by atoms with Crippen LogP contribution in [0, 0.1) is 0 Å². The zero-order valence-corrected chi connectivity index (χ0v) is 12.4. The normalized spacial score (nSPS) is 11.2. The quantitative estimate of drug-likeness (QED) is 0.560. The van der Waals surface area contributed by atoms with Crippen molar-refractivity contribution in [1.29, 1.82) is 0 Å². The number of thiazole rings is 1. The molecular formula is C17H12BNO2S. The van der Waals surface area contributed by atoms with E-state index in [4.69, 9.17) is 0 Å². The molecule has 2 N–H and O–H groups in total. The zero-order valence-electron chi connectivity index (χ0n) is 11.6. The van der Waals surface area contributed by atoms with Crippen molar-refractivity contribution < 1.29 is 10.0 Å². The molecule has 3 aromatic carbocycles. The molecule has 1 aromatic heterocycles. The third-order valence-electron chi connectivity index (χ3n) is 3.73. The minimum atomic E-state index is -1.46. The minimum absolute atomic E-state index is 0.522. The molecule has 0 aliphatic heterocycles. The van der Waals surface area contributed by atoms with Crippen molar-refractivity contribution in [1.82, 2.24) is 4.98 Å². The SMILES string of the molecule is OB(O)c1cccc2cc(-c3nc4ccccc4s3)ccc12. The molecule has 0 unspecified atom stereocenters. The van der Waals surface area contributed by atoms with Crippen LogP contribution in [0.4, 0.5) is 0 Å². The van der Waals surface area contributed by atoms with Gasteiger partial charge < -0.3 is 10.0 Å². The third kappa shape index (κ3) is 2.20. The maximum atomic E-state index is 9.45. The summed E-state index contributed by atoms with van der Waals surface area (Å²) < 4.78 is 1.16. The van der Waals surface area contributed by atoms with Crippen LogP contribution in [-0.4, -0.2) is 22.2 Å². The van der Waals surface area contributed by atoms with Crippen LogP contribution in [0.25, 0.3) is 31.6 Å². The molecule has 0 spiro atoms. The molecule has 106 valence electrons. The van der Waals surface area contributed by atoms with Gasteiger partial charge >= 0.3 is 7.12 Å². The van der Waals surface area contributed by atoms with Crippen molar-refractivity contribution >= 4 is 44.9 Å². The molecule has 22 heavy (non-hydrogen) atoms. The van der Waals surface area contributed by atoms with Gasteiger partial charge in [0.2, 0.25) is 0 Å². The number of fused-ring (bicyclic) bond motifs is 2. The van der Waals surface area contributed by atoms with Crippen molar-refractivity contribution in [3.8, 4) is 10.6 Å². The molecule has 0 aliphatic rings. The molecule has 1 heterocycles. The van der Waals surface area contributed by atoms with E-state index in [-0.39, 0.29) is 0 Å². The summed E-state index contributed by atoms with van der Waals surface area (Å²) in [5.74, 6) is 0. The maximum absolute atomic E-state index is 9.45. The molecule has 0 radical (unpaired) electrons. The molecule has 4 aromatic rings. The van der Waals surface area contributed by atoms with Gasteiger partial charge in [-0.1, -0.05) is 42.5 Å². The van der Waals surface area contributed by atoms with Crippen LogP contribution >= 0.6 is 11.3 Å². The van der Waals surface area contributed by atoms with E-state index >= 15 is 0 Å². The molecule has 0 aliphatic carbocycles. The maximum Gasteiger partial charge on any atom is 0.489 e. The topological polar surface area (TPSA) is 53.4 Å². The van der Waals surface area contributed by atoms with Gasteiger partial charge in [-0.2, -0.15) is 0 Å². The van der Waals surface area contributed by atoms with E-state index < -0.39 is 7.12 Å². The smallest absolute Gasteiger partial charge is 0.423 e. The Balaban J connectivity index is 1.89. The number of benzene rings is 3. The van der Waals surface area contributed by atoms with Gasteiger partial charge in [-0.05, 0) is 34.4 Å². The summed E-state index contributed by atoms with van der Waals surface area (Å²) in [6.07, 6.45) is 0. The lowest BCUT2D eigenvalue weighted by Gasteiger charge is -2.06. The summed E-state index contributed by atoms with van der Waals surface area (Å²) >= 11 is 1.66. The van der Waals surface area contributed by atoms with Gasteiger partial charge in [-0.15, -0.1) is 11.3 Å². The lowest BCUT2D eigenvalue weighted by atomic mass is 9.77. The summed E-state index contributed by atoms with van der Waals surface area (Å²) in [5, 5.41) is 21.7. The lowest BCUT2D eigenvalue weighted by molar-refractivity contribution is 0.426. The van der Waals surface area contributed by atoms with Gasteiger partial charge in [0.1, 0.15) is 5.01 Å². The van der Waals surface area contributed by atoms with E-state index in [1.165, 1.54) is 0 Å². The molecule has 4 rings (SSSR count). The van der Waals surface area contributed by atoms with Crippen LogP contribution in [0.3, 0.4) is 0 Å². The van der Waals surface area contributed by atoms with Gasteiger partial charge in [0.25, 0.3) is 0 Å². The number of para-hydroxylation sites is 1. The molecule has 0 bridgehead atoms. The Labute approximate surface area is 131 Å². The Morgan fingerprint density at radius 1 is 0.909 bits per heavy atom. The van der Waals surface area contributed by atoms with Crippen molar-refractivity contribution in [3.63, 3.8) is 0 Å². The van der Waals surface area contributed by atoms with Gasteiger partial charge in [0.05, 0.1) is 10.2 Å². The van der Waals surface area contributed by atoms with Crippen molar-refractivity contribution in [2.24, 2.45) is 0 Å². The van der Waals surface area contributed by atoms with Crippen LogP contribution in [0.2, 0.25) is 0 Å². The zero-order chi connectivity index (χ0) is 15.1. The fourth-order valence-corrected chi connectivity index (χ4v) is 3.62. The second-order valence-electron chi connectivity index (χ2n) is 5.14. The predicted octanol–water partition coefficient (Wildman–Crippen LogP) is 2.80. The number of aromatic nitrogens is 1. The van der Waals surface area contributed by atoms with Crippen LogP contribution in [-0.2, 0) is 0 Å². The average Bonchev–Trinajstić information content (AvgIpc) is 2.97. The van der Waals surface area contributed by atoms with Gasteiger partial charge in [-0.25, -0.2) is 4.98 Å². The van der Waals surface area contributed by atoms with Crippen molar-refractivity contribution in [3.05, 3.63) is 60.7 Å². The standard InChI is InChI=1S/C17H12BNO2S/c20-18(21)14-5-3-4-11-10-12(8-9-13(11)14)17-19-15-6-1-2-7-16(15)22-17/h1-10,20-21H. The molecule has 5 heteroatoms. The highest BCUT2D eigenvalue weighted by atomic mass is 32.1. The van der Waals surface area contributed by atoms with Gasteiger partial charge in [0.15, 0.2) is 0 Å². The van der Waals surface area contributed by atoms with E-state index in [2.05, 4.69) is 11.1 Å². The van der Waals surface area contributed by atoms with Gasteiger partial charge in [0, 0.05) is 5.56 Å². The monoisotopic (exact) mass is 305 g/mol. The summed E-state index contributed by atoms with van der Waals surface area (Å²) in [6.45, 7) is 0. The van der Waals surface area contributed by atoms with Crippen LogP contribution in [0.1, 0.15) is 0 Å². The third-order valence-corrected chi connectivity index (χ3v) is 4.82. The largest absolute Gasteiger partial charge is 0.489 e. The van der Waals surface area contributed by atoms with Crippen molar-refractivity contribution in [2.75, 3.05) is 0 Å². The van der Waals surface area contributed by atoms with E-state index in [0.717, 1.165) is 31.6 Å². The molecular weight excluding hydrogens is 293 g/mol. The molecule has 0 atom stereocenters. The van der Waals surface area contributed by atoms with E-state index in [1.54, 1.807) is 17.4 Å². The minimum Gasteiger partial charge on any atom is -0.423 e. The van der Waals surface area contributed by atoms with Crippen LogP contribution in [0.5, 0.6) is 0 Å². The summed E-state index contributed by atoms with van der Waals surface area (Å²) in [5.41, 5.74) is 2.56. The fourth-order valence-electron chi connectivity index (χ4n) is 2.66. The first-order chi connectivity index (χ1) is 10.7. The average molecular weight is 305 g/mol. The Morgan fingerprint density at radius 3 is 2.59 bits per heavy atom. The highest BCUT2D eigenvalue weighted by Gasteiger charge is 2.15. The Bertz CT molecular complexity index is 948. The number of hydrogen-bond donors (Lipinski definition) is 2. The predicted molar refractivity (Wildman–Crippen MR) is 92.4 cm³/mol. The highest BCUT2D eigenvalue weighted by Crippen LogP contribution is 2.31. The molecule has 3 nitrogen and oxygen atoms in total. The molecule has 0 saturated carbocycles. The van der Waals surface area contributed by atoms with Crippen molar-refractivity contribution in [2.45, 2.75) is 0 Å².